The zero-order valence-electron chi connectivity index (χ0n) is 61.6. The summed E-state index contributed by atoms with van der Waals surface area (Å²) < 4.78 is 42.2. The van der Waals surface area contributed by atoms with E-state index in [1.54, 1.807) is 30.7 Å². The van der Waals surface area contributed by atoms with Crippen LogP contribution in [-0.4, -0.2) is 58.6 Å². The maximum Gasteiger partial charge on any atom is 0.228 e. The van der Waals surface area contributed by atoms with E-state index in [0.717, 1.165) is 84.4 Å². The first-order chi connectivity index (χ1) is 48.1. The summed E-state index contributed by atoms with van der Waals surface area (Å²) >= 11 is 0. The van der Waals surface area contributed by atoms with Gasteiger partial charge in [-0.3, -0.25) is 9.97 Å². The summed E-state index contributed by atoms with van der Waals surface area (Å²) in [5, 5.41) is 0. The molecule has 16 heteroatoms. The number of anilines is 5. The highest BCUT2D eigenvalue weighted by Gasteiger charge is 2.28. The summed E-state index contributed by atoms with van der Waals surface area (Å²) in [6, 6.07) is 54.8. The third-order valence-corrected chi connectivity index (χ3v) is 18.4. The predicted molar refractivity (Wildman–Crippen MR) is 405 cm³/mol. The predicted octanol–water partition coefficient (Wildman–Crippen LogP) is 18.8. The van der Waals surface area contributed by atoms with E-state index < -0.39 is 0 Å². The second-order valence-electron chi connectivity index (χ2n) is 31.3. The average molecular weight is 1360 g/mol. The topological polar surface area (TPSA) is 127 Å². The monoisotopic (exact) mass is 1360 g/mol. The number of rotatable bonds is 5. The van der Waals surface area contributed by atoms with Crippen LogP contribution in [-0.2, 0) is 59.8 Å². The van der Waals surface area contributed by atoms with E-state index in [0.29, 0.717) is 39.6 Å². The number of aromatic nitrogens is 5. The van der Waals surface area contributed by atoms with Gasteiger partial charge < -0.3 is 48.2 Å². The smallest absolute Gasteiger partial charge is 0.228 e. The lowest BCUT2D eigenvalue weighted by atomic mass is 9.86. The zero-order valence-corrected chi connectivity index (χ0v) is 61.6. The first kappa shape index (κ1) is 72.0. The van der Waals surface area contributed by atoms with Gasteiger partial charge in [0.2, 0.25) is 5.95 Å². The molecule has 0 N–H and O–H groups in total. The number of hydrogen-bond donors (Lipinski definition) is 0. The number of fused-ring (bicyclic) bond motifs is 5. The van der Waals surface area contributed by atoms with Gasteiger partial charge in [-0.1, -0.05) is 140 Å². The molecule has 0 atom stereocenters. The molecule has 526 valence electrons. The maximum atomic E-state index is 13.0. The number of nitrogens with zero attached hydrogens (tertiary/aromatic N) is 10. The van der Waals surface area contributed by atoms with Crippen molar-refractivity contribution in [1.82, 2.24) is 24.9 Å². The van der Waals surface area contributed by atoms with E-state index in [9.17, 15) is 4.39 Å². The number of hydrogen-bond acceptors (Lipinski definition) is 15. The summed E-state index contributed by atoms with van der Waals surface area (Å²) in [6.45, 7) is 40.2. The molecule has 101 heavy (non-hydrogen) atoms. The Kier molecular flexibility index (Phi) is 21.9. The first-order valence-electron chi connectivity index (χ1n) is 34.9. The van der Waals surface area contributed by atoms with Crippen molar-refractivity contribution < 1.29 is 28.1 Å². The van der Waals surface area contributed by atoms with Crippen molar-refractivity contribution in [3.8, 4) is 28.7 Å². The SMILES string of the molecule is CC(C)(C)c1ccc2c(c1)CN(c1ccc(F)cc1)CO2.CC(C)(C)c1ccc2c(c1)CN(c1ccccn1)CO2.CC(C)(C)c1ccc2c(c1)CN(c1cccnc1)CO2.CC(C)(C)c1ccc2c(c1)CN(c1ccncc1)CO2.CC(C)(C)c1ccc2c(c1)CN(c1ncccn1)CO2. The Labute approximate surface area is 598 Å². The normalized spacial score (nSPS) is 14.6. The van der Waals surface area contributed by atoms with Gasteiger partial charge in [0.15, 0.2) is 33.7 Å². The van der Waals surface area contributed by atoms with Crippen molar-refractivity contribution in [3.63, 3.8) is 0 Å². The van der Waals surface area contributed by atoms with Crippen LogP contribution in [0.1, 0.15) is 159 Å². The van der Waals surface area contributed by atoms with Crippen molar-refractivity contribution in [2.75, 3.05) is 58.2 Å². The van der Waals surface area contributed by atoms with Gasteiger partial charge in [-0.15, -0.1) is 0 Å². The van der Waals surface area contributed by atoms with Crippen molar-refractivity contribution in [1.29, 1.82) is 0 Å². The van der Waals surface area contributed by atoms with Crippen LogP contribution in [0.5, 0.6) is 28.7 Å². The minimum Gasteiger partial charge on any atom is -0.473 e. The van der Waals surface area contributed by atoms with Gasteiger partial charge in [-0.2, -0.15) is 0 Å². The van der Waals surface area contributed by atoms with E-state index in [-0.39, 0.29) is 32.9 Å². The molecule has 4 aromatic heterocycles. The molecule has 5 aliphatic heterocycles. The fourth-order valence-corrected chi connectivity index (χ4v) is 12.1. The summed E-state index contributed by atoms with van der Waals surface area (Å²) in [5.41, 5.74) is 16.7. The number of halogens is 1. The van der Waals surface area contributed by atoms with E-state index in [4.69, 9.17) is 23.7 Å². The minimum atomic E-state index is -0.216. The molecule has 0 amide bonds. The highest BCUT2D eigenvalue weighted by atomic mass is 19.1. The summed E-state index contributed by atoms with van der Waals surface area (Å²) in [5.74, 6) is 6.35. The van der Waals surface area contributed by atoms with Gasteiger partial charge in [0.25, 0.3) is 0 Å². The molecule has 15 rings (SSSR count). The quantitative estimate of drug-likeness (QED) is 0.162. The summed E-state index contributed by atoms with van der Waals surface area (Å²) in [7, 11) is 0. The Bertz CT molecular complexity index is 3920. The molecule has 0 spiro atoms. The van der Waals surface area contributed by atoms with Crippen LogP contribution in [0.3, 0.4) is 0 Å². The van der Waals surface area contributed by atoms with Crippen LogP contribution >= 0.6 is 0 Å². The summed E-state index contributed by atoms with van der Waals surface area (Å²) in [4.78, 5) is 31.9. The Morgan fingerprint density at radius 1 is 0.297 bits per heavy atom. The van der Waals surface area contributed by atoms with Gasteiger partial charge in [0, 0.05) is 96.0 Å². The second-order valence-corrected chi connectivity index (χ2v) is 31.3. The van der Waals surface area contributed by atoms with Crippen LogP contribution < -0.4 is 48.2 Å². The fraction of sp³-hybridized carbons (Fsp3) is 0.353. The molecule has 6 aromatic carbocycles. The van der Waals surface area contributed by atoms with Crippen LogP contribution in [0.25, 0.3) is 0 Å². The molecule has 0 fully saturated rings. The second kappa shape index (κ2) is 30.7. The number of benzene rings is 6. The molecule has 0 saturated carbocycles. The lowest BCUT2D eigenvalue weighted by molar-refractivity contribution is 0.286. The Hall–Kier alpha value is -10.2. The van der Waals surface area contributed by atoms with Crippen molar-refractivity contribution in [3.05, 3.63) is 269 Å². The molecule has 5 aliphatic rings. The van der Waals surface area contributed by atoms with Crippen molar-refractivity contribution >= 4 is 28.8 Å². The van der Waals surface area contributed by atoms with Gasteiger partial charge in [-0.05, 0) is 182 Å². The lowest BCUT2D eigenvalue weighted by Gasteiger charge is -2.32. The first-order valence-corrected chi connectivity index (χ1v) is 34.9. The molecular weight excluding hydrogens is 1260 g/mol. The van der Waals surface area contributed by atoms with Crippen LogP contribution in [0.15, 0.2) is 207 Å². The van der Waals surface area contributed by atoms with E-state index in [2.05, 4.69) is 245 Å². The van der Waals surface area contributed by atoms with Crippen molar-refractivity contribution in [2.24, 2.45) is 0 Å². The van der Waals surface area contributed by atoms with E-state index in [1.165, 1.54) is 67.8 Å². The standard InChI is InChI=1S/C18H20FNO.3C17H20N2O.C16H19N3O/c1-18(2,3)14-4-9-17-13(10-14)11-20(12-21-17)16-7-5-15(19)6-8-16;1-17(2,3)14-4-5-16-13(10-14)11-19(12-20-16)15-6-8-18-9-7-15;1-17(2,3)14-6-7-16-13(9-14)11-19(12-20-16)15-5-4-8-18-10-15;1-17(2,3)14-7-8-15-13(10-14)11-19(12-20-15)16-6-4-5-9-18-16;1-16(2,3)13-5-6-14-12(9-13)10-19(11-20-14)15-17-7-4-8-18-15/h4-10H,11-12H2,1-3H3;3*4-10H,11-12H2,1-3H3;4-9H,10-11H2,1-3H3. The highest BCUT2D eigenvalue weighted by Crippen LogP contribution is 2.38. The molecule has 9 heterocycles. The van der Waals surface area contributed by atoms with Crippen LogP contribution in [0.4, 0.5) is 33.2 Å². The lowest BCUT2D eigenvalue weighted by Crippen LogP contribution is -2.33. The Morgan fingerprint density at radius 3 is 1.01 bits per heavy atom. The number of pyridine rings is 3. The molecule has 0 bridgehead atoms. The molecule has 0 unspecified atom stereocenters. The molecule has 0 aliphatic carbocycles. The van der Waals surface area contributed by atoms with Gasteiger partial charge in [0.05, 0.1) is 25.0 Å². The fourth-order valence-electron chi connectivity index (χ4n) is 12.1. The van der Waals surface area contributed by atoms with Gasteiger partial charge in [0.1, 0.15) is 40.4 Å². The summed E-state index contributed by atoms with van der Waals surface area (Å²) in [6.07, 6.45) is 12.6. The Balaban J connectivity index is 0.000000127. The van der Waals surface area contributed by atoms with Crippen LogP contribution in [0, 0.1) is 5.82 Å². The molecule has 0 radical (unpaired) electrons. The molecular formula is C85H99FN10O5. The highest BCUT2D eigenvalue weighted by molar-refractivity contribution is 5.55. The third kappa shape index (κ3) is 18.8. The number of ether oxygens (including phenoxy) is 5. The van der Waals surface area contributed by atoms with E-state index in [1.807, 2.05) is 72.2 Å². The Morgan fingerprint density at radius 2 is 0.644 bits per heavy atom. The van der Waals surface area contributed by atoms with E-state index >= 15 is 0 Å². The van der Waals surface area contributed by atoms with Crippen molar-refractivity contribution in [2.45, 2.75) is 164 Å². The largest absolute Gasteiger partial charge is 0.473 e. The molecule has 15 nitrogen and oxygen atoms in total. The molecule has 10 aromatic rings. The third-order valence-electron chi connectivity index (χ3n) is 18.4. The van der Waals surface area contributed by atoms with Crippen LogP contribution in [0.2, 0.25) is 0 Å². The zero-order chi connectivity index (χ0) is 71.7. The average Bonchev–Trinajstić information content (AvgIpc) is 0.827. The van der Waals surface area contributed by atoms with Gasteiger partial charge >= 0.3 is 0 Å². The van der Waals surface area contributed by atoms with Gasteiger partial charge in [-0.25, -0.2) is 19.3 Å². The minimum absolute atomic E-state index is 0.118. The molecule has 0 saturated heterocycles. The maximum absolute atomic E-state index is 13.0.